The summed E-state index contributed by atoms with van der Waals surface area (Å²) in [7, 11) is 0. The molecule has 1 aromatic rings. The van der Waals surface area contributed by atoms with Gasteiger partial charge in [-0.05, 0) is 30.7 Å². The molecule has 0 unspecified atom stereocenters. The molecule has 1 aliphatic rings. The third kappa shape index (κ3) is 2.74. The van der Waals surface area contributed by atoms with Crippen LogP contribution in [0.25, 0.3) is 0 Å². The molecule has 0 spiro atoms. The Hall–Kier alpha value is -2.06. The highest BCUT2D eigenvalue weighted by Crippen LogP contribution is 2.16. The number of nitrogens with zero attached hydrogens (tertiary/aromatic N) is 4. The summed E-state index contributed by atoms with van der Waals surface area (Å²) < 4.78 is 0. The van der Waals surface area contributed by atoms with Crippen molar-refractivity contribution in [2.45, 2.75) is 13.3 Å². The number of rotatable bonds is 4. The van der Waals surface area contributed by atoms with Crippen LogP contribution in [0.15, 0.2) is 29.4 Å². The van der Waals surface area contributed by atoms with E-state index in [4.69, 9.17) is 5.26 Å². The van der Waals surface area contributed by atoms with Crippen LogP contribution in [-0.2, 0) is 0 Å². The zero-order valence-corrected chi connectivity index (χ0v) is 9.80. The smallest absolute Gasteiger partial charge is 0.130 e. The summed E-state index contributed by atoms with van der Waals surface area (Å²) in [5, 5.41) is 14.8. The van der Waals surface area contributed by atoms with Gasteiger partial charge in [-0.1, -0.05) is 6.92 Å². The normalized spacial score (nSPS) is 14.1. The molecule has 0 aliphatic carbocycles. The van der Waals surface area contributed by atoms with Crippen molar-refractivity contribution in [3.05, 3.63) is 29.8 Å². The van der Waals surface area contributed by atoms with E-state index in [9.17, 15) is 0 Å². The highest BCUT2D eigenvalue weighted by Gasteiger charge is 2.14. The van der Waals surface area contributed by atoms with Gasteiger partial charge in [0.1, 0.15) is 13.0 Å². The Labute approximate surface area is 101 Å². The maximum Gasteiger partial charge on any atom is 0.130 e. The van der Waals surface area contributed by atoms with Crippen molar-refractivity contribution in [3.63, 3.8) is 0 Å². The van der Waals surface area contributed by atoms with Crippen molar-refractivity contribution in [1.29, 1.82) is 5.26 Å². The topological polar surface area (TPSA) is 54.7 Å². The van der Waals surface area contributed by atoms with Gasteiger partial charge in [-0.3, -0.25) is 0 Å². The average Bonchev–Trinajstić information content (AvgIpc) is 2.85. The highest BCUT2D eigenvalue weighted by atomic mass is 15.8. The predicted octanol–water partition coefficient (Wildman–Crippen LogP) is 1.50. The Morgan fingerprint density at radius 1 is 1.41 bits per heavy atom. The Kier molecular flexibility index (Phi) is 3.58. The van der Waals surface area contributed by atoms with Crippen molar-refractivity contribution in [1.82, 2.24) is 10.5 Å². The van der Waals surface area contributed by atoms with Gasteiger partial charge in [0.2, 0.25) is 0 Å². The van der Waals surface area contributed by atoms with E-state index in [1.807, 2.05) is 34.3 Å². The SMILES string of the molecule is CCCNN1CN(c2ccc(C#N)cc2)C=N1. The second-order valence-electron chi connectivity index (χ2n) is 3.81. The van der Waals surface area contributed by atoms with Gasteiger partial charge >= 0.3 is 0 Å². The largest absolute Gasteiger partial charge is 0.309 e. The molecule has 0 saturated heterocycles. The standard InChI is InChI=1S/C12H15N5/c1-2-7-14-17-10-16(9-15-17)12-5-3-11(8-13)4-6-12/h3-6,9,14H,2,7,10H2,1H3. The molecule has 1 aromatic carbocycles. The Bertz CT molecular complexity index is 431. The van der Waals surface area contributed by atoms with Crippen LogP contribution < -0.4 is 10.3 Å². The van der Waals surface area contributed by atoms with E-state index in [0.29, 0.717) is 12.2 Å². The van der Waals surface area contributed by atoms with Crippen molar-refractivity contribution in [2.24, 2.45) is 5.10 Å². The minimum atomic E-state index is 0.672. The number of hydrazone groups is 1. The van der Waals surface area contributed by atoms with Crippen molar-refractivity contribution in [2.75, 3.05) is 18.1 Å². The zero-order valence-electron chi connectivity index (χ0n) is 9.80. The number of nitrogens with one attached hydrogen (secondary N) is 1. The molecule has 5 heteroatoms. The first-order valence-corrected chi connectivity index (χ1v) is 5.65. The van der Waals surface area contributed by atoms with Crippen LogP contribution in [0.5, 0.6) is 0 Å². The lowest BCUT2D eigenvalue weighted by Gasteiger charge is -2.19. The van der Waals surface area contributed by atoms with Gasteiger partial charge in [0.25, 0.3) is 0 Å². The van der Waals surface area contributed by atoms with Gasteiger partial charge in [0, 0.05) is 12.2 Å². The fourth-order valence-electron chi connectivity index (χ4n) is 1.55. The van der Waals surface area contributed by atoms with E-state index in [2.05, 4.69) is 23.5 Å². The summed E-state index contributed by atoms with van der Waals surface area (Å²) in [4.78, 5) is 2.02. The fourth-order valence-corrected chi connectivity index (χ4v) is 1.55. The first-order chi connectivity index (χ1) is 8.33. The summed E-state index contributed by atoms with van der Waals surface area (Å²) in [5.74, 6) is 0. The molecule has 88 valence electrons. The molecule has 0 radical (unpaired) electrons. The fraction of sp³-hybridized carbons (Fsp3) is 0.333. The lowest BCUT2D eigenvalue weighted by Crippen LogP contribution is -2.36. The Morgan fingerprint density at radius 2 is 2.18 bits per heavy atom. The van der Waals surface area contributed by atoms with Gasteiger partial charge in [-0.25, -0.2) is 10.5 Å². The van der Waals surface area contributed by atoms with E-state index in [1.54, 1.807) is 6.34 Å². The van der Waals surface area contributed by atoms with E-state index in [1.165, 1.54) is 0 Å². The molecule has 0 atom stereocenters. The third-order valence-corrected chi connectivity index (χ3v) is 2.49. The van der Waals surface area contributed by atoms with Gasteiger partial charge in [0.15, 0.2) is 0 Å². The number of benzene rings is 1. The number of hydrogen-bond acceptors (Lipinski definition) is 5. The van der Waals surface area contributed by atoms with Crippen LogP contribution in [0.1, 0.15) is 18.9 Å². The predicted molar refractivity (Wildman–Crippen MR) is 67.1 cm³/mol. The summed E-state index contributed by atoms with van der Waals surface area (Å²) in [6.07, 6.45) is 2.85. The molecule has 2 rings (SSSR count). The molecule has 1 aliphatic heterocycles. The molecule has 1 N–H and O–H groups in total. The lowest BCUT2D eigenvalue weighted by atomic mass is 10.2. The highest BCUT2D eigenvalue weighted by molar-refractivity contribution is 5.80. The molecular formula is C12H15N5. The summed E-state index contributed by atoms with van der Waals surface area (Å²) in [5.41, 5.74) is 4.90. The Balaban J connectivity index is 1.96. The maximum absolute atomic E-state index is 8.72. The molecule has 0 bridgehead atoms. The second kappa shape index (κ2) is 5.32. The van der Waals surface area contributed by atoms with Crippen LogP contribution in [0.4, 0.5) is 5.69 Å². The van der Waals surface area contributed by atoms with E-state index in [0.717, 1.165) is 18.7 Å². The summed E-state index contributed by atoms with van der Waals surface area (Å²) in [6.45, 7) is 3.72. The molecule has 17 heavy (non-hydrogen) atoms. The minimum absolute atomic E-state index is 0.672. The molecule has 0 amide bonds. The maximum atomic E-state index is 8.72. The average molecular weight is 229 g/mol. The van der Waals surface area contributed by atoms with Crippen LogP contribution in [-0.4, -0.2) is 24.7 Å². The van der Waals surface area contributed by atoms with Gasteiger partial charge < -0.3 is 4.90 Å². The van der Waals surface area contributed by atoms with Crippen LogP contribution in [0.3, 0.4) is 0 Å². The van der Waals surface area contributed by atoms with Crippen LogP contribution >= 0.6 is 0 Å². The molecule has 0 saturated carbocycles. The molecular weight excluding hydrogens is 214 g/mol. The summed E-state index contributed by atoms with van der Waals surface area (Å²) >= 11 is 0. The molecule has 1 heterocycles. The molecule has 0 fully saturated rings. The number of nitriles is 1. The lowest BCUT2D eigenvalue weighted by molar-refractivity contribution is 0.220. The number of hydrogen-bond donors (Lipinski definition) is 1. The first-order valence-electron chi connectivity index (χ1n) is 5.65. The third-order valence-electron chi connectivity index (χ3n) is 2.49. The van der Waals surface area contributed by atoms with Gasteiger partial charge in [-0.2, -0.15) is 10.4 Å². The van der Waals surface area contributed by atoms with Crippen LogP contribution in [0.2, 0.25) is 0 Å². The van der Waals surface area contributed by atoms with Gasteiger partial charge in [0.05, 0.1) is 11.6 Å². The van der Waals surface area contributed by atoms with Crippen molar-refractivity contribution < 1.29 is 0 Å². The summed E-state index contributed by atoms with van der Waals surface area (Å²) in [6, 6.07) is 9.58. The van der Waals surface area contributed by atoms with Gasteiger partial charge in [-0.15, -0.1) is 0 Å². The van der Waals surface area contributed by atoms with E-state index in [-0.39, 0.29) is 0 Å². The van der Waals surface area contributed by atoms with Crippen LogP contribution in [0, 0.1) is 11.3 Å². The number of anilines is 1. The molecule has 0 aromatic heterocycles. The Morgan fingerprint density at radius 3 is 2.82 bits per heavy atom. The second-order valence-corrected chi connectivity index (χ2v) is 3.81. The van der Waals surface area contributed by atoms with Crippen molar-refractivity contribution >= 4 is 12.0 Å². The van der Waals surface area contributed by atoms with E-state index >= 15 is 0 Å². The number of hydrazine groups is 1. The zero-order chi connectivity index (χ0) is 12.1. The van der Waals surface area contributed by atoms with Crippen molar-refractivity contribution in [3.8, 4) is 6.07 Å². The van der Waals surface area contributed by atoms with E-state index < -0.39 is 0 Å². The monoisotopic (exact) mass is 229 g/mol. The minimum Gasteiger partial charge on any atom is -0.309 e. The molecule has 5 nitrogen and oxygen atoms in total. The quantitative estimate of drug-likeness (QED) is 0.850. The first kappa shape index (κ1) is 11.4.